The van der Waals surface area contributed by atoms with Crippen LogP contribution in [0.4, 0.5) is 0 Å². The highest BCUT2D eigenvalue weighted by atomic mass is 16.5. The molecule has 0 saturated carbocycles. The van der Waals surface area contributed by atoms with Gasteiger partial charge in [-0.25, -0.2) is 0 Å². The predicted octanol–water partition coefficient (Wildman–Crippen LogP) is 10.8. The molecular formula is C44H60O5. The van der Waals surface area contributed by atoms with Gasteiger partial charge in [0.15, 0.2) is 0 Å². The molecule has 0 bridgehead atoms. The minimum absolute atomic E-state index is 0.0402. The molecule has 0 aromatic rings. The van der Waals surface area contributed by atoms with E-state index in [0.717, 1.165) is 23.1 Å². The molecule has 0 aromatic heterocycles. The quantitative estimate of drug-likeness (QED) is 0.109. The van der Waals surface area contributed by atoms with E-state index in [1.165, 1.54) is 22.3 Å². The first-order valence-corrected chi connectivity index (χ1v) is 17.5. The lowest BCUT2D eigenvalue weighted by atomic mass is 9.67. The summed E-state index contributed by atoms with van der Waals surface area (Å²) in [6.45, 7) is 21.3. The smallest absolute Gasteiger partial charge is 0.306 e. The molecule has 0 heterocycles. The Balaban J connectivity index is 1.90. The highest BCUT2D eigenvalue weighted by molar-refractivity contribution is 5.76. The molecule has 5 nitrogen and oxygen atoms in total. The van der Waals surface area contributed by atoms with Crippen molar-refractivity contribution in [1.82, 2.24) is 0 Å². The number of aliphatic hydroxyl groups is 1. The van der Waals surface area contributed by atoms with Crippen molar-refractivity contribution in [2.45, 2.75) is 114 Å². The zero-order chi connectivity index (χ0) is 36.8. The van der Waals surface area contributed by atoms with Gasteiger partial charge in [-0.3, -0.25) is 9.59 Å². The maximum Gasteiger partial charge on any atom is 0.306 e. The second-order valence-corrected chi connectivity index (χ2v) is 15.1. The number of carboxylic acid groups (broad SMARTS) is 1. The SMILES string of the molecule is CC1=C[C@H](O)CC(C)(C)[C@H]1/C=C/C(C)=C/C=C/C(C)=C/C=C/C=C(C)/C=C/C=C(C)/C=C/C1=C(C)C[C@@H](OC(=O)CCC(=O)O)CC1(C)C. The number of hydrogen-bond donors (Lipinski definition) is 2. The second kappa shape index (κ2) is 19.3. The lowest BCUT2D eigenvalue weighted by Gasteiger charge is -2.38. The Labute approximate surface area is 296 Å². The van der Waals surface area contributed by atoms with Gasteiger partial charge in [0, 0.05) is 12.3 Å². The molecule has 49 heavy (non-hydrogen) atoms. The Hall–Kier alpha value is -3.96. The first-order valence-electron chi connectivity index (χ1n) is 17.5. The Morgan fingerprint density at radius 1 is 0.796 bits per heavy atom. The van der Waals surface area contributed by atoms with Crippen LogP contribution in [-0.2, 0) is 14.3 Å². The molecule has 0 unspecified atom stereocenters. The number of carboxylic acids is 1. The molecule has 0 aliphatic heterocycles. The molecule has 3 atom stereocenters. The number of aliphatic hydroxyl groups excluding tert-OH is 1. The third-order valence-electron chi connectivity index (χ3n) is 9.16. The van der Waals surface area contributed by atoms with Gasteiger partial charge in [-0.15, -0.1) is 0 Å². The van der Waals surface area contributed by atoms with Gasteiger partial charge in [-0.05, 0) is 70.8 Å². The summed E-state index contributed by atoms with van der Waals surface area (Å²) in [4.78, 5) is 22.8. The molecule has 0 fully saturated rings. The second-order valence-electron chi connectivity index (χ2n) is 15.1. The van der Waals surface area contributed by atoms with Gasteiger partial charge in [0.25, 0.3) is 0 Å². The van der Waals surface area contributed by atoms with Crippen molar-refractivity contribution in [2.24, 2.45) is 16.7 Å². The summed E-state index contributed by atoms with van der Waals surface area (Å²) in [7, 11) is 0. The van der Waals surface area contributed by atoms with Crippen molar-refractivity contribution >= 4 is 11.9 Å². The summed E-state index contributed by atoms with van der Waals surface area (Å²) in [5.74, 6) is -1.11. The number of carbonyl (C=O) groups excluding carboxylic acids is 1. The third kappa shape index (κ3) is 15.0. The third-order valence-corrected chi connectivity index (χ3v) is 9.16. The van der Waals surface area contributed by atoms with E-state index in [-0.39, 0.29) is 35.9 Å². The van der Waals surface area contributed by atoms with Crippen LogP contribution < -0.4 is 0 Å². The Morgan fingerprint density at radius 3 is 1.86 bits per heavy atom. The van der Waals surface area contributed by atoms with Crippen LogP contribution in [0.25, 0.3) is 0 Å². The van der Waals surface area contributed by atoms with E-state index in [9.17, 15) is 14.7 Å². The number of allylic oxidation sites excluding steroid dienone is 20. The lowest BCUT2D eigenvalue weighted by Crippen LogP contribution is -2.32. The molecular weight excluding hydrogens is 608 g/mol. The first-order chi connectivity index (χ1) is 22.9. The number of aliphatic carboxylic acids is 1. The number of carbonyl (C=O) groups is 2. The fourth-order valence-corrected chi connectivity index (χ4v) is 6.65. The molecule has 0 saturated heterocycles. The van der Waals surface area contributed by atoms with Crippen LogP contribution in [0.5, 0.6) is 0 Å². The van der Waals surface area contributed by atoms with Crippen LogP contribution in [0.2, 0.25) is 0 Å². The highest BCUT2D eigenvalue weighted by Crippen LogP contribution is 2.43. The Bertz CT molecular complexity index is 1520. The average Bonchev–Trinajstić information content (AvgIpc) is 2.96. The fraction of sp³-hybridized carbons (Fsp3) is 0.455. The van der Waals surface area contributed by atoms with E-state index in [2.05, 4.69) is 148 Å². The van der Waals surface area contributed by atoms with Crippen LogP contribution in [0, 0.1) is 16.7 Å². The maximum absolute atomic E-state index is 12.1. The summed E-state index contributed by atoms with van der Waals surface area (Å²) in [6.07, 6.45) is 32.8. The largest absolute Gasteiger partial charge is 0.481 e. The molecule has 0 amide bonds. The average molecular weight is 669 g/mol. The normalized spacial score (nSPS) is 24.2. The van der Waals surface area contributed by atoms with Crippen molar-refractivity contribution in [2.75, 3.05) is 0 Å². The molecule has 5 heteroatoms. The van der Waals surface area contributed by atoms with Gasteiger partial charge in [-0.2, -0.15) is 0 Å². The van der Waals surface area contributed by atoms with E-state index >= 15 is 0 Å². The van der Waals surface area contributed by atoms with Crippen molar-refractivity contribution in [3.05, 3.63) is 130 Å². The van der Waals surface area contributed by atoms with Crippen molar-refractivity contribution in [3.63, 3.8) is 0 Å². The molecule has 0 aromatic carbocycles. The molecule has 2 N–H and O–H groups in total. The lowest BCUT2D eigenvalue weighted by molar-refractivity contribution is -0.153. The summed E-state index contributed by atoms with van der Waals surface area (Å²) in [6, 6.07) is 0. The summed E-state index contributed by atoms with van der Waals surface area (Å²) in [5, 5.41) is 18.9. The van der Waals surface area contributed by atoms with E-state index in [1.807, 2.05) is 12.2 Å². The van der Waals surface area contributed by atoms with E-state index in [0.29, 0.717) is 18.8 Å². The van der Waals surface area contributed by atoms with Gasteiger partial charge in [0.05, 0.1) is 18.9 Å². The number of esters is 1. The van der Waals surface area contributed by atoms with Gasteiger partial charge in [0.1, 0.15) is 6.10 Å². The summed E-state index contributed by atoms with van der Waals surface area (Å²) >= 11 is 0. The standard InChI is InChI=1S/C44H60O5/c1-31(17-13-19-33(3)21-23-39-35(5)27-37(45)29-43(39,7)8)15-11-12-16-32(2)18-14-20-34(4)22-24-40-36(6)28-38(30-44(40,9)10)49-42(48)26-25-41(46)47/h11-24,27,37-39,45H,25-26,28-30H2,1-10H3,(H,46,47)/b12-11+,17-13+,18-14+,23-21+,24-22+,31-15+,32-16+,33-19+,34-20+/t37-,38+,39-/m0/s1. The highest BCUT2D eigenvalue weighted by Gasteiger charge is 2.35. The van der Waals surface area contributed by atoms with Gasteiger partial charge < -0.3 is 14.9 Å². The van der Waals surface area contributed by atoms with Crippen molar-refractivity contribution < 1.29 is 24.5 Å². The number of rotatable bonds is 14. The van der Waals surface area contributed by atoms with Crippen LogP contribution in [0.15, 0.2) is 130 Å². The van der Waals surface area contributed by atoms with Gasteiger partial charge in [0.2, 0.25) is 0 Å². The maximum atomic E-state index is 12.1. The zero-order valence-corrected chi connectivity index (χ0v) is 31.5. The van der Waals surface area contributed by atoms with Crippen molar-refractivity contribution in [1.29, 1.82) is 0 Å². The molecule has 0 radical (unpaired) electrons. The van der Waals surface area contributed by atoms with Gasteiger partial charge in [-0.1, -0.05) is 152 Å². The number of ether oxygens (including phenoxy) is 1. The monoisotopic (exact) mass is 668 g/mol. The molecule has 2 aliphatic rings. The van der Waals surface area contributed by atoms with E-state index < -0.39 is 11.9 Å². The van der Waals surface area contributed by atoms with Crippen molar-refractivity contribution in [3.8, 4) is 0 Å². The topological polar surface area (TPSA) is 83.8 Å². The molecule has 266 valence electrons. The Morgan fingerprint density at radius 2 is 1.33 bits per heavy atom. The van der Waals surface area contributed by atoms with Gasteiger partial charge >= 0.3 is 11.9 Å². The first kappa shape index (κ1) is 41.2. The van der Waals surface area contributed by atoms with Crippen LogP contribution in [0.1, 0.15) is 101 Å². The Kier molecular flexibility index (Phi) is 16.2. The minimum Gasteiger partial charge on any atom is -0.481 e. The van der Waals surface area contributed by atoms with Crippen LogP contribution >= 0.6 is 0 Å². The van der Waals surface area contributed by atoms with E-state index in [1.54, 1.807) is 0 Å². The number of hydrogen-bond acceptors (Lipinski definition) is 4. The minimum atomic E-state index is -0.993. The molecule has 2 aliphatic carbocycles. The van der Waals surface area contributed by atoms with Crippen LogP contribution in [-0.4, -0.2) is 34.4 Å². The van der Waals surface area contributed by atoms with E-state index in [4.69, 9.17) is 9.84 Å². The fourth-order valence-electron chi connectivity index (χ4n) is 6.65. The predicted molar refractivity (Wildman–Crippen MR) is 205 cm³/mol. The zero-order valence-electron chi connectivity index (χ0n) is 31.5. The van der Waals surface area contributed by atoms with Crippen LogP contribution in [0.3, 0.4) is 0 Å². The summed E-state index contributed by atoms with van der Waals surface area (Å²) < 4.78 is 5.59. The molecule has 0 spiro atoms. The molecule has 2 rings (SSSR count). The summed E-state index contributed by atoms with van der Waals surface area (Å²) in [5.41, 5.74) is 8.18.